The molecule has 1 atom stereocenters. The van der Waals surface area contributed by atoms with Gasteiger partial charge in [-0.15, -0.1) is 0 Å². The summed E-state index contributed by atoms with van der Waals surface area (Å²) in [7, 11) is 0. The number of nitrogen functional groups attached to an aromatic ring is 1. The number of fused-ring (bicyclic) bond motifs is 1. The number of hydrogen-bond donors (Lipinski definition) is 1. The van der Waals surface area contributed by atoms with E-state index in [1.54, 1.807) is 0 Å². The van der Waals surface area contributed by atoms with Gasteiger partial charge in [0.05, 0.1) is 23.2 Å². The van der Waals surface area contributed by atoms with Crippen molar-refractivity contribution in [3.63, 3.8) is 0 Å². The monoisotopic (exact) mass is 273 g/mol. The molecule has 1 aromatic carbocycles. The Morgan fingerprint density at radius 2 is 2.30 bits per heavy atom. The van der Waals surface area contributed by atoms with Gasteiger partial charge in [0.1, 0.15) is 5.82 Å². The highest BCUT2D eigenvalue weighted by Crippen LogP contribution is 2.30. The maximum atomic E-state index is 5.95. The molecule has 1 fully saturated rings. The zero-order valence-corrected chi connectivity index (χ0v) is 12.4. The fourth-order valence-electron chi connectivity index (χ4n) is 3.08. The predicted molar refractivity (Wildman–Crippen MR) is 81.7 cm³/mol. The van der Waals surface area contributed by atoms with Crippen LogP contribution in [0, 0.1) is 0 Å². The summed E-state index contributed by atoms with van der Waals surface area (Å²) in [5.41, 5.74) is 8.75. The number of nitrogens with two attached hydrogens (primary N) is 1. The number of anilines is 1. The fraction of sp³-hybridized carbons (Fsp3) is 0.562. The summed E-state index contributed by atoms with van der Waals surface area (Å²) in [6.07, 6.45) is 4.35. The van der Waals surface area contributed by atoms with Crippen LogP contribution in [0.5, 0.6) is 0 Å². The van der Waals surface area contributed by atoms with Gasteiger partial charge in [0.25, 0.3) is 0 Å². The van der Waals surface area contributed by atoms with E-state index in [1.165, 1.54) is 5.52 Å². The number of hydrogen-bond acceptors (Lipinski definition) is 3. The standard InChI is InChI=1S/C16H23N3O/c1-3-5-15-18-13-10-12(17)6-7-14(13)19(15)11-16(2)8-4-9-20-16/h6-7,10H,3-5,8-9,11,17H2,1-2H3. The van der Waals surface area contributed by atoms with Gasteiger partial charge in [-0.1, -0.05) is 6.92 Å². The Morgan fingerprint density at radius 3 is 3.00 bits per heavy atom. The third-order valence-corrected chi connectivity index (χ3v) is 4.12. The SMILES string of the molecule is CCCc1nc2cc(N)ccc2n1CC1(C)CCCO1. The maximum absolute atomic E-state index is 5.95. The molecule has 0 radical (unpaired) electrons. The van der Waals surface area contributed by atoms with E-state index in [2.05, 4.69) is 24.5 Å². The second-order valence-electron chi connectivity index (χ2n) is 6.01. The molecule has 0 aliphatic carbocycles. The van der Waals surface area contributed by atoms with Crippen LogP contribution < -0.4 is 5.73 Å². The number of nitrogens with zero attached hydrogens (tertiary/aromatic N) is 2. The molecule has 2 aromatic rings. The van der Waals surface area contributed by atoms with E-state index >= 15 is 0 Å². The van der Waals surface area contributed by atoms with Crippen molar-refractivity contribution in [2.45, 2.75) is 51.7 Å². The molecular weight excluding hydrogens is 250 g/mol. The molecule has 2 N–H and O–H groups in total. The molecule has 4 nitrogen and oxygen atoms in total. The summed E-state index contributed by atoms with van der Waals surface area (Å²) in [5, 5.41) is 0. The lowest BCUT2D eigenvalue weighted by molar-refractivity contribution is 0.00649. The normalized spacial score (nSPS) is 22.7. The fourth-order valence-corrected chi connectivity index (χ4v) is 3.08. The Bertz CT molecular complexity index is 611. The Labute approximate surface area is 119 Å². The number of ether oxygens (including phenoxy) is 1. The maximum Gasteiger partial charge on any atom is 0.109 e. The van der Waals surface area contributed by atoms with E-state index in [1.807, 2.05) is 12.1 Å². The zero-order chi connectivity index (χ0) is 14.2. The lowest BCUT2D eigenvalue weighted by Gasteiger charge is -2.25. The van der Waals surface area contributed by atoms with Crippen molar-refractivity contribution in [3.05, 3.63) is 24.0 Å². The van der Waals surface area contributed by atoms with Crippen molar-refractivity contribution in [3.8, 4) is 0 Å². The molecular formula is C16H23N3O. The second kappa shape index (κ2) is 5.09. The number of rotatable bonds is 4. The molecule has 20 heavy (non-hydrogen) atoms. The third kappa shape index (κ3) is 2.40. The topological polar surface area (TPSA) is 53.1 Å². The predicted octanol–water partition coefficient (Wildman–Crippen LogP) is 3.14. The molecule has 1 saturated heterocycles. The van der Waals surface area contributed by atoms with Crippen LogP contribution in [0.1, 0.15) is 38.9 Å². The van der Waals surface area contributed by atoms with Crippen molar-refractivity contribution in [1.82, 2.24) is 9.55 Å². The Hall–Kier alpha value is -1.55. The smallest absolute Gasteiger partial charge is 0.109 e. The van der Waals surface area contributed by atoms with Crippen molar-refractivity contribution in [1.29, 1.82) is 0 Å². The minimum Gasteiger partial charge on any atom is -0.399 e. The van der Waals surface area contributed by atoms with Gasteiger partial charge in [-0.25, -0.2) is 4.98 Å². The molecule has 1 aromatic heterocycles. The molecule has 0 saturated carbocycles. The van der Waals surface area contributed by atoms with Gasteiger partial charge in [-0.3, -0.25) is 0 Å². The summed E-state index contributed by atoms with van der Waals surface area (Å²) < 4.78 is 8.27. The van der Waals surface area contributed by atoms with Gasteiger partial charge >= 0.3 is 0 Å². The number of aryl methyl sites for hydroxylation is 1. The van der Waals surface area contributed by atoms with Gasteiger partial charge < -0.3 is 15.0 Å². The summed E-state index contributed by atoms with van der Waals surface area (Å²) in [4.78, 5) is 4.76. The first-order valence-electron chi connectivity index (χ1n) is 7.50. The van der Waals surface area contributed by atoms with Crippen molar-refractivity contribution in [2.75, 3.05) is 12.3 Å². The van der Waals surface area contributed by atoms with E-state index in [0.29, 0.717) is 0 Å². The highest BCUT2D eigenvalue weighted by atomic mass is 16.5. The molecule has 1 aliphatic heterocycles. The van der Waals surface area contributed by atoms with E-state index in [9.17, 15) is 0 Å². The van der Waals surface area contributed by atoms with E-state index in [0.717, 1.165) is 55.9 Å². The Balaban J connectivity index is 2.04. The number of aromatic nitrogens is 2. The summed E-state index contributed by atoms with van der Waals surface area (Å²) >= 11 is 0. The van der Waals surface area contributed by atoms with E-state index < -0.39 is 0 Å². The highest BCUT2D eigenvalue weighted by Gasteiger charge is 2.31. The van der Waals surface area contributed by atoms with Crippen molar-refractivity contribution < 1.29 is 4.74 Å². The molecule has 3 rings (SSSR count). The largest absolute Gasteiger partial charge is 0.399 e. The first-order valence-corrected chi connectivity index (χ1v) is 7.50. The van der Waals surface area contributed by atoms with Crippen LogP contribution in [0.3, 0.4) is 0 Å². The molecule has 1 aliphatic rings. The van der Waals surface area contributed by atoms with Gasteiger partial charge in [0.15, 0.2) is 0 Å². The van der Waals surface area contributed by atoms with Gasteiger partial charge in [0.2, 0.25) is 0 Å². The van der Waals surface area contributed by atoms with E-state index in [4.69, 9.17) is 15.5 Å². The number of imidazole rings is 1. The van der Waals surface area contributed by atoms with Crippen molar-refractivity contribution in [2.24, 2.45) is 0 Å². The van der Waals surface area contributed by atoms with Crippen LogP contribution in [-0.4, -0.2) is 21.8 Å². The van der Waals surface area contributed by atoms with Crippen LogP contribution in [0.4, 0.5) is 5.69 Å². The van der Waals surface area contributed by atoms with Crippen LogP contribution in [-0.2, 0) is 17.7 Å². The second-order valence-corrected chi connectivity index (χ2v) is 6.01. The molecule has 2 heterocycles. The zero-order valence-electron chi connectivity index (χ0n) is 12.4. The molecule has 1 unspecified atom stereocenters. The van der Waals surface area contributed by atoms with Crippen LogP contribution in [0.2, 0.25) is 0 Å². The third-order valence-electron chi connectivity index (χ3n) is 4.12. The van der Waals surface area contributed by atoms with Crippen molar-refractivity contribution >= 4 is 16.7 Å². The number of benzene rings is 1. The quantitative estimate of drug-likeness (QED) is 0.871. The lowest BCUT2D eigenvalue weighted by Crippen LogP contribution is -2.30. The summed E-state index contributed by atoms with van der Waals surface area (Å²) in [6.45, 7) is 6.15. The Kier molecular flexibility index (Phi) is 3.42. The van der Waals surface area contributed by atoms with E-state index in [-0.39, 0.29) is 5.60 Å². The van der Waals surface area contributed by atoms with Gasteiger partial charge in [-0.2, -0.15) is 0 Å². The molecule has 0 bridgehead atoms. The summed E-state index contributed by atoms with van der Waals surface area (Å²) in [6, 6.07) is 5.99. The minimum absolute atomic E-state index is 0.0580. The molecule has 4 heteroatoms. The van der Waals surface area contributed by atoms with Crippen LogP contribution >= 0.6 is 0 Å². The average molecular weight is 273 g/mol. The Morgan fingerprint density at radius 1 is 1.45 bits per heavy atom. The first kappa shape index (κ1) is 13.4. The lowest BCUT2D eigenvalue weighted by atomic mass is 10.0. The molecule has 0 amide bonds. The van der Waals surface area contributed by atoms with Crippen LogP contribution in [0.25, 0.3) is 11.0 Å². The average Bonchev–Trinajstić information content (AvgIpc) is 2.96. The molecule has 0 spiro atoms. The molecule has 108 valence electrons. The summed E-state index contributed by atoms with van der Waals surface area (Å²) in [5.74, 6) is 1.14. The highest BCUT2D eigenvalue weighted by molar-refractivity contribution is 5.79. The van der Waals surface area contributed by atoms with Gasteiger partial charge in [0, 0.05) is 18.7 Å². The first-order chi connectivity index (χ1) is 9.61. The minimum atomic E-state index is -0.0580. The van der Waals surface area contributed by atoms with Crippen LogP contribution in [0.15, 0.2) is 18.2 Å². The van der Waals surface area contributed by atoms with Gasteiger partial charge in [-0.05, 0) is 44.4 Å².